The minimum Gasteiger partial charge on any atom is -0.383 e. The minimum absolute atomic E-state index is 0.0894. The third-order valence-corrected chi connectivity index (χ3v) is 4.21. The van der Waals surface area contributed by atoms with Gasteiger partial charge in [0.25, 0.3) is 0 Å². The summed E-state index contributed by atoms with van der Waals surface area (Å²) in [7, 11) is -1.76. The van der Waals surface area contributed by atoms with E-state index >= 15 is 0 Å². The minimum atomic E-state index is -3.29. The third kappa shape index (κ3) is 5.47. The molecule has 0 aromatic carbocycles. The van der Waals surface area contributed by atoms with Crippen LogP contribution in [0.3, 0.4) is 0 Å². The number of sulfone groups is 1. The summed E-state index contributed by atoms with van der Waals surface area (Å²) >= 11 is 0. The highest BCUT2D eigenvalue weighted by atomic mass is 32.2. The van der Waals surface area contributed by atoms with Gasteiger partial charge in [0.1, 0.15) is 5.75 Å². The Morgan fingerprint density at radius 1 is 1.53 bits per heavy atom. The number of nitrogens with one attached hydrogen (secondary N) is 2. The lowest BCUT2D eigenvalue weighted by atomic mass is 10.1. The van der Waals surface area contributed by atoms with Gasteiger partial charge in [-0.3, -0.25) is 4.79 Å². The van der Waals surface area contributed by atoms with E-state index in [1.165, 1.54) is 7.11 Å². The summed E-state index contributed by atoms with van der Waals surface area (Å²) in [6.07, 6.45) is 0. The topological polar surface area (TPSA) is 84.5 Å². The number of ether oxygens (including phenoxy) is 1. The average molecular weight is 264 g/mol. The molecule has 1 saturated heterocycles. The molecule has 7 heteroatoms. The van der Waals surface area contributed by atoms with Gasteiger partial charge >= 0.3 is 0 Å². The van der Waals surface area contributed by atoms with Crippen LogP contribution in [0, 0.1) is 5.92 Å². The molecular weight excluding hydrogens is 244 g/mol. The molecule has 2 N–H and O–H groups in total. The van der Waals surface area contributed by atoms with E-state index in [9.17, 15) is 13.2 Å². The van der Waals surface area contributed by atoms with Crippen LogP contribution in [-0.2, 0) is 19.4 Å². The number of rotatable bonds is 7. The van der Waals surface area contributed by atoms with Gasteiger partial charge < -0.3 is 15.4 Å². The Morgan fingerprint density at radius 2 is 2.18 bits per heavy atom. The van der Waals surface area contributed by atoms with E-state index in [1.807, 2.05) is 0 Å². The maximum absolute atomic E-state index is 11.7. The third-order valence-electron chi connectivity index (χ3n) is 2.53. The van der Waals surface area contributed by atoms with Crippen LogP contribution < -0.4 is 10.6 Å². The van der Waals surface area contributed by atoms with Crippen molar-refractivity contribution in [1.82, 2.24) is 10.6 Å². The monoisotopic (exact) mass is 264 g/mol. The molecule has 0 aromatic heterocycles. The molecule has 1 unspecified atom stereocenters. The fourth-order valence-corrected chi connectivity index (χ4v) is 3.25. The van der Waals surface area contributed by atoms with Crippen LogP contribution in [0.5, 0.6) is 0 Å². The maximum Gasteiger partial charge on any atom is 0.235 e. The predicted molar refractivity (Wildman–Crippen MR) is 64.5 cm³/mol. The van der Waals surface area contributed by atoms with Crippen molar-refractivity contribution in [2.75, 3.05) is 38.3 Å². The molecule has 1 amide bonds. The summed E-state index contributed by atoms with van der Waals surface area (Å²) in [5, 5.41) is 5.59. The molecule has 6 nitrogen and oxygen atoms in total. The summed E-state index contributed by atoms with van der Waals surface area (Å²) in [4.78, 5) is 11.5. The Hall–Kier alpha value is -0.660. The predicted octanol–water partition coefficient (Wildman–Crippen LogP) is -1.23. The van der Waals surface area contributed by atoms with Gasteiger partial charge in [0.05, 0.1) is 12.4 Å². The van der Waals surface area contributed by atoms with E-state index in [0.29, 0.717) is 6.61 Å². The van der Waals surface area contributed by atoms with Crippen LogP contribution in [0.1, 0.15) is 6.92 Å². The maximum atomic E-state index is 11.7. The number of carbonyl (C=O) groups is 1. The molecule has 1 heterocycles. The normalized spacial score (nSPS) is 18.5. The summed E-state index contributed by atoms with van der Waals surface area (Å²) in [5.74, 6) is -0.644. The first kappa shape index (κ1) is 14.4. The molecule has 1 aliphatic heterocycles. The van der Waals surface area contributed by atoms with Crippen molar-refractivity contribution in [3.63, 3.8) is 0 Å². The van der Waals surface area contributed by atoms with Gasteiger partial charge in [0.2, 0.25) is 5.91 Å². The van der Waals surface area contributed by atoms with Gasteiger partial charge in [0, 0.05) is 26.2 Å². The second-order valence-electron chi connectivity index (χ2n) is 4.50. The smallest absolute Gasteiger partial charge is 0.235 e. The second kappa shape index (κ2) is 6.32. The molecule has 0 spiro atoms. The Kier molecular flexibility index (Phi) is 5.35. The molecule has 0 aliphatic carbocycles. The quantitative estimate of drug-likeness (QED) is 0.601. The molecule has 0 aromatic rings. The van der Waals surface area contributed by atoms with E-state index in [1.54, 1.807) is 6.92 Å². The molecule has 1 aliphatic rings. The highest BCUT2D eigenvalue weighted by molar-refractivity contribution is 7.92. The number of methoxy groups -OCH3 is 1. The van der Waals surface area contributed by atoms with Crippen LogP contribution in [0.25, 0.3) is 0 Å². The lowest BCUT2D eigenvalue weighted by Crippen LogP contribution is -2.47. The Balaban J connectivity index is 2.33. The fourth-order valence-electron chi connectivity index (χ4n) is 1.69. The average Bonchev–Trinajstić information content (AvgIpc) is 2.10. The van der Waals surface area contributed by atoms with Crippen LogP contribution in [0.4, 0.5) is 0 Å². The van der Waals surface area contributed by atoms with Crippen molar-refractivity contribution < 1.29 is 17.9 Å². The summed E-state index contributed by atoms with van der Waals surface area (Å²) in [6.45, 7) is 3.59. The molecule has 100 valence electrons. The highest BCUT2D eigenvalue weighted by Gasteiger charge is 2.26. The van der Waals surface area contributed by atoms with Gasteiger partial charge in [-0.05, 0) is 12.8 Å². The Labute approximate surface area is 102 Å². The molecule has 17 heavy (non-hydrogen) atoms. The number of hydrogen-bond donors (Lipinski definition) is 2. The van der Waals surface area contributed by atoms with Gasteiger partial charge in [-0.25, -0.2) is 8.42 Å². The van der Waals surface area contributed by atoms with E-state index in [2.05, 4.69) is 10.6 Å². The van der Waals surface area contributed by atoms with E-state index in [-0.39, 0.29) is 17.7 Å². The van der Waals surface area contributed by atoms with Gasteiger partial charge in [-0.15, -0.1) is 0 Å². The largest absolute Gasteiger partial charge is 0.383 e. The van der Waals surface area contributed by atoms with Crippen LogP contribution in [0.15, 0.2) is 0 Å². The molecule has 1 atom stereocenters. The van der Waals surface area contributed by atoms with Crippen molar-refractivity contribution >= 4 is 15.7 Å². The van der Waals surface area contributed by atoms with Crippen LogP contribution >= 0.6 is 0 Å². The Morgan fingerprint density at radius 3 is 2.65 bits per heavy atom. The second-order valence-corrected chi connectivity index (χ2v) is 6.61. The van der Waals surface area contributed by atoms with Gasteiger partial charge in [-0.2, -0.15) is 0 Å². The van der Waals surface area contributed by atoms with E-state index < -0.39 is 21.5 Å². The van der Waals surface area contributed by atoms with E-state index in [4.69, 9.17) is 4.74 Å². The molecular formula is C10H20N2O4S. The lowest BCUT2D eigenvalue weighted by Gasteiger charge is -2.26. The molecule has 0 radical (unpaired) electrons. The Bertz CT molecular complexity index is 351. The van der Waals surface area contributed by atoms with E-state index in [0.717, 1.165) is 13.1 Å². The SMILES string of the molecule is COCC(C)NC(=O)CS(=O)(=O)CC1CNC1. The van der Waals surface area contributed by atoms with Crippen LogP contribution in [0.2, 0.25) is 0 Å². The number of amides is 1. The molecule has 1 rings (SSSR count). The van der Waals surface area contributed by atoms with Crippen molar-refractivity contribution in [1.29, 1.82) is 0 Å². The molecule has 0 saturated carbocycles. The zero-order chi connectivity index (χ0) is 12.9. The van der Waals surface area contributed by atoms with Crippen LogP contribution in [-0.4, -0.2) is 58.7 Å². The highest BCUT2D eigenvalue weighted by Crippen LogP contribution is 2.07. The first-order valence-corrected chi connectivity index (χ1v) is 7.44. The van der Waals surface area contributed by atoms with Gasteiger partial charge in [-0.1, -0.05) is 0 Å². The van der Waals surface area contributed by atoms with Crippen molar-refractivity contribution in [2.45, 2.75) is 13.0 Å². The summed E-state index contributed by atoms with van der Waals surface area (Å²) < 4.78 is 28.2. The molecule has 0 bridgehead atoms. The molecule has 1 fully saturated rings. The first-order valence-electron chi connectivity index (χ1n) is 5.62. The summed E-state index contributed by atoms with van der Waals surface area (Å²) in [5.41, 5.74) is 0. The standard InChI is InChI=1S/C10H20N2O4S/c1-8(5-16-2)12-10(13)7-17(14,15)6-9-3-11-4-9/h8-9,11H,3-7H2,1-2H3,(H,12,13). The number of hydrogen-bond acceptors (Lipinski definition) is 5. The summed E-state index contributed by atoms with van der Waals surface area (Å²) in [6, 6.07) is -0.173. The lowest BCUT2D eigenvalue weighted by molar-refractivity contribution is -0.119. The number of carbonyl (C=O) groups excluding carboxylic acids is 1. The zero-order valence-electron chi connectivity index (χ0n) is 10.2. The zero-order valence-corrected chi connectivity index (χ0v) is 11.0. The van der Waals surface area contributed by atoms with Crippen molar-refractivity contribution in [3.05, 3.63) is 0 Å². The first-order chi connectivity index (χ1) is 7.93. The van der Waals surface area contributed by atoms with Crippen molar-refractivity contribution in [2.24, 2.45) is 5.92 Å². The van der Waals surface area contributed by atoms with Crippen molar-refractivity contribution in [3.8, 4) is 0 Å². The fraction of sp³-hybridized carbons (Fsp3) is 0.900. The van der Waals surface area contributed by atoms with Gasteiger partial charge in [0.15, 0.2) is 9.84 Å².